The summed E-state index contributed by atoms with van der Waals surface area (Å²) in [5.41, 5.74) is 0. The van der Waals surface area contributed by atoms with Crippen molar-refractivity contribution in [3.05, 3.63) is 10.1 Å². The van der Waals surface area contributed by atoms with E-state index in [1.165, 1.54) is 0 Å². The van der Waals surface area contributed by atoms with Gasteiger partial charge in [0, 0.05) is 5.34 Å². The normalized spacial score (nSPS) is 3.40. The van der Waals surface area contributed by atoms with E-state index in [0.717, 1.165) is 0 Å². The summed E-state index contributed by atoms with van der Waals surface area (Å²) in [5, 5.41) is 8.38. The summed E-state index contributed by atoms with van der Waals surface area (Å²) in [6, 6.07) is 0. The predicted molar refractivity (Wildman–Crippen MR) is 8.38 cm³/mol. The zero-order valence-electron chi connectivity index (χ0n) is 2.08. The third kappa shape index (κ3) is 140. The van der Waals surface area contributed by atoms with Crippen LogP contribution in [0.1, 0.15) is 0 Å². The summed E-state index contributed by atoms with van der Waals surface area (Å²) < 4.78 is 8.00. The molecule has 0 aromatic rings. The van der Waals surface area contributed by atoms with Gasteiger partial charge in [-0.05, 0) is 0 Å². The first-order chi connectivity index (χ1) is 2.41. The summed E-state index contributed by atoms with van der Waals surface area (Å²) in [6.45, 7) is 0. The molecule has 5 heteroatoms. The van der Waals surface area contributed by atoms with Gasteiger partial charge in [0.05, 0.1) is 0 Å². The Balaban J connectivity index is 0. The molecule has 0 rings (SSSR count). The molecule has 32 valence electrons. The third-order valence-corrected chi connectivity index (χ3v) is 0. The van der Waals surface area contributed by atoms with Crippen molar-refractivity contribution in [3.8, 4) is 0 Å². The SMILES string of the molecule is O=[NH+][O-].[O]=[Fe]. The Morgan fingerprint density at radius 1 is 1.60 bits per heavy atom. The molecule has 0 amide bonds. The quantitative estimate of drug-likeness (QED) is 0.232. The van der Waals surface area contributed by atoms with Crippen molar-refractivity contribution in [1.29, 1.82) is 0 Å². The third-order valence-electron chi connectivity index (χ3n) is 0. The minimum absolute atomic E-state index is 0.250. The van der Waals surface area contributed by atoms with Crippen molar-refractivity contribution in [2.45, 2.75) is 0 Å². The molecule has 0 aromatic heterocycles. The molecule has 0 spiro atoms. The van der Waals surface area contributed by atoms with Gasteiger partial charge >= 0.3 is 19.8 Å². The van der Waals surface area contributed by atoms with Gasteiger partial charge in [0.1, 0.15) is 0 Å². The van der Waals surface area contributed by atoms with E-state index in [-0.39, 0.29) is 5.34 Å². The van der Waals surface area contributed by atoms with Crippen LogP contribution in [0.2, 0.25) is 0 Å². The second-order valence-corrected chi connectivity index (χ2v) is 0.0833. The monoisotopic (exact) mass is 119 g/mol. The fourth-order valence-electron chi connectivity index (χ4n) is 0. The van der Waals surface area contributed by atoms with Gasteiger partial charge in [-0.15, -0.1) is 0 Å². The fraction of sp³-hybridized carbons (Fsp3) is 0. The number of rotatable bonds is 0. The van der Waals surface area contributed by atoms with Gasteiger partial charge in [-0.2, -0.15) is 0 Å². The molecule has 0 atom stereocenters. The first-order valence-corrected chi connectivity index (χ1v) is 1.00. The van der Waals surface area contributed by atoms with Crippen LogP contribution in [-0.4, -0.2) is 0 Å². The number of nitrogens with one attached hydrogen (secondary N) is 1. The van der Waals surface area contributed by atoms with E-state index in [9.17, 15) is 0 Å². The second-order valence-electron chi connectivity index (χ2n) is 0.0833. The molecular formula is HFeNO3. The molecule has 0 radical (unpaired) electrons. The standard InChI is InChI=1S/Fe.HNO2.O/c;2-1-3;/h;1H;. The van der Waals surface area contributed by atoms with E-state index >= 15 is 0 Å². The molecule has 0 saturated carbocycles. The second kappa shape index (κ2) is 53.1. The van der Waals surface area contributed by atoms with Crippen LogP contribution >= 0.6 is 0 Å². The zero-order chi connectivity index (χ0) is 4.71. The molecule has 5 heavy (non-hydrogen) atoms. The van der Waals surface area contributed by atoms with E-state index in [2.05, 4.69) is 0 Å². The molecule has 4 nitrogen and oxygen atoms in total. The van der Waals surface area contributed by atoms with Gasteiger partial charge in [0.2, 0.25) is 0 Å². The van der Waals surface area contributed by atoms with E-state index in [0.29, 0.717) is 0 Å². The summed E-state index contributed by atoms with van der Waals surface area (Å²) >= 11 is 2.00. The van der Waals surface area contributed by atoms with E-state index in [4.69, 9.17) is 13.9 Å². The van der Waals surface area contributed by atoms with Gasteiger partial charge in [-0.25, -0.2) is 0 Å². The molecule has 0 fully saturated rings. The Morgan fingerprint density at radius 2 is 1.60 bits per heavy atom. The molecule has 0 aromatic carbocycles. The van der Waals surface area contributed by atoms with Gasteiger partial charge in [-0.1, -0.05) is 0 Å². The summed E-state index contributed by atoms with van der Waals surface area (Å²) in [5.74, 6) is 0. The van der Waals surface area contributed by atoms with Crippen LogP contribution in [0.15, 0.2) is 0 Å². The Labute approximate surface area is 36.1 Å². The van der Waals surface area contributed by atoms with Crippen molar-refractivity contribution in [2.75, 3.05) is 0 Å². The zero-order valence-corrected chi connectivity index (χ0v) is 3.18. The topological polar surface area (TPSA) is 71.2 Å². The Hall–Kier alpha value is -0.281. The fourth-order valence-corrected chi connectivity index (χ4v) is 0. The molecule has 0 bridgehead atoms. The van der Waals surface area contributed by atoms with Crippen LogP contribution in [0, 0.1) is 10.1 Å². The molecular weight excluding hydrogens is 118 g/mol. The summed E-state index contributed by atoms with van der Waals surface area (Å²) in [4.78, 5) is 8.12. The summed E-state index contributed by atoms with van der Waals surface area (Å²) in [7, 11) is 0. The van der Waals surface area contributed by atoms with Gasteiger partial charge < -0.3 is 0 Å². The first-order valence-electron chi connectivity index (χ1n) is 0.553. The Bertz CT molecular complexity index is 20.9. The number of hydrogen-bond donors (Lipinski definition) is 1. The molecule has 0 aliphatic heterocycles. The maximum atomic E-state index is 8.12. The van der Waals surface area contributed by atoms with E-state index in [1.54, 1.807) is 0 Å². The molecule has 0 aliphatic rings. The van der Waals surface area contributed by atoms with Gasteiger partial charge in [0.25, 0.3) is 0 Å². The van der Waals surface area contributed by atoms with Crippen LogP contribution < -0.4 is 5.34 Å². The van der Waals surface area contributed by atoms with Gasteiger partial charge in [0.15, 0.2) is 0 Å². The van der Waals surface area contributed by atoms with Gasteiger partial charge in [-0.3, -0.25) is 10.1 Å². The van der Waals surface area contributed by atoms with Crippen LogP contribution in [0.3, 0.4) is 0 Å². The van der Waals surface area contributed by atoms with E-state index in [1.807, 2.05) is 15.9 Å². The summed E-state index contributed by atoms with van der Waals surface area (Å²) in [6.07, 6.45) is 0. The minimum atomic E-state index is 0.250. The van der Waals surface area contributed by atoms with Crippen LogP contribution in [0.4, 0.5) is 0 Å². The predicted octanol–water partition coefficient (Wildman–Crippen LogP) is -1.79. The van der Waals surface area contributed by atoms with Crippen molar-refractivity contribution in [2.24, 2.45) is 0 Å². The number of hydrogen-bond acceptors (Lipinski definition) is 3. The maximum absolute atomic E-state index is 8.12. The van der Waals surface area contributed by atoms with Crippen molar-refractivity contribution < 1.29 is 25.1 Å². The van der Waals surface area contributed by atoms with Crippen LogP contribution in [-0.2, 0) is 19.8 Å². The molecule has 1 N–H and O–H groups in total. The van der Waals surface area contributed by atoms with Crippen LogP contribution in [0.5, 0.6) is 0 Å². The first kappa shape index (κ1) is 8.83. The molecule has 0 saturated heterocycles. The molecule has 0 aliphatic carbocycles. The van der Waals surface area contributed by atoms with Crippen molar-refractivity contribution in [1.82, 2.24) is 0 Å². The Morgan fingerprint density at radius 3 is 1.60 bits per heavy atom. The molecule has 0 heterocycles. The average molecular weight is 119 g/mol. The molecule has 0 unspecified atom stereocenters. The van der Waals surface area contributed by atoms with Crippen molar-refractivity contribution in [3.63, 3.8) is 0 Å². The average Bonchev–Trinajstić information content (AvgIpc) is 1.46. The van der Waals surface area contributed by atoms with Crippen LogP contribution in [0.25, 0.3) is 0 Å². The van der Waals surface area contributed by atoms with Crippen molar-refractivity contribution >= 4 is 0 Å². The van der Waals surface area contributed by atoms with E-state index < -0.39 is 0 Å². The Kier molecular flexibility index (Phi) is 93.8.